The third-order valence-corrected chi connectivity index (χ3v) is 4.18. The van der Waals surface area contributed by atoms with Crippen molar-refractivity contribution in [2.45, 2.75) is 19.9 Å². The van der Waals surface area contributed by atoms with E-state index in [0.29, 0.717) is 0 Å². The lowest BCUT2D eigenvalue weighted by molar-refractivity contribution is -0.148. The second-order valence-corrected chi connectivity index (χ2v) is 5.89. The fourth-order valence-electron chi connectivity index (χ4n) is 2.39. The predicted molar refractivity (Wildman–Crippen MR) is 98.8 cm³/mol. The monoisotopic (exact) mass is 337 g/mol. The molecule has 0 aliphatic heterocycles. The first-order valence-electron chi connectivity index (χ1n) is 8.20. The van der Waals surface area contributed by atoms with Crippen molar-refractivity contribution in [3.63, 3.8) is 0 Å². The van der Waals surface area contributed by atoms with Crippen molar-refractivity contribution in [1.29, 1.82) is 0 Å². The summed E-state index contributed by atoms with van der Waals surface area (Å²) in [6.45, 7) is 3.63. The van der Waals surface area contributed by atoms with Crippen LogP contribution in [0.15, 0.2) is 60.7 Å². The van der Waals surface area contributed by atoms with Gasteiger partial charge in [0.25, 0.3) is 5.91 Å². The summed E-state index contributed by atoms with van der Waals surface area (Å²) >= 11 is 0. The average molecular weight is 337 g/mol. The first-order chi connectivity index (χ1) is 12.0. The van der Waals surface area contributed by atoms with Gasteiger partial charge in [0.2, 0.25) is 0 Å². The van der Waals surface area contributed by atoms with E-state index >= 15 is 0 Å². The van der Waals surface area contributed by atoms with E-state index in [2.05, 4.69) is 0 Å². The fourth-order valence-corrected chi connectivity index (χ4v) is 2.39. The summed E-state index contributed by atoms with van der Waals surface area (Å²) in [4.78, 5) is 25.6. The molecule has 0 radical (unpaired) electrons. The van der Waals surface area contributed by atoms with Crippen LogP contribution in [-0.4, -0.2) is 30.4 Å². The predicted octanol–water partition coefficient (Wildman–Crippen LogP) is 3.77. The molecule has 25 heavy (non-hydrogen) atoms. The van der Waals surface area contributed by atoms with Gasteiger partial charge in [-0.25, -0.2) is 4.79 Å². The summed E-state index contributed by atoms with van der Waals surface area (Å²) in [6, 6.07) is 17.4. The highest BCUT2D eigenvalue weighted by molar-refractivity contribution is 5.89. The lowest BCUT2D eigenvalue weighted by Gasteiger charge is -2.25. The highest BCUT2D eigenvalue weighted by atomic mass is 16.5. The quantitative estimate of drug-likeness (QED) is 0.595. The molecule has 0 aliphatic rings. The van der Waals surface area contributed by atoms with Crippen LogP contribution in [0.2, 0.25) is 0 Å². The van der Waals surface area contributed by atoms with Crippen molar-refractivity contribution >= 4 is 18.0 Å². The smallest absolute Gasteiger partial charge is 0.331 e. The lowest BCUT2D eigenvalue weighted by Crippen LogP contribution is -2.33. The third-order valence-electron chi connectivity index (χ3n) is 4.18. The van der Waals surface area contributed by atoms with Crippen LogP contribution in [-0.2, 0) is 14.3 Å². The minimum Gasteiger partial charge on any atom is -0.452 e. The molecule has 0 heterocycles. The number of aryl methyl sites for hydroxylation is 1. The second kappa shape index (κ2) is 8.83. The zero-order valence-corrected chi connectivity index (χ0v) is 14.8. The Morgan fingerprint density at radius 1 is 1.08 bits per heavy atom. The molecule has 0 saturated carbocycles. The number of likely N-dealkylation sites (N-methyl/N-ethyl adjacent to an activating group) is 1. The molecule has 0 fully saturated rings. The summed E-state index contributed by atoms with van der Waals surface area (Å²) in [7, 11) is 1.71. The molecular weight excluding hydrogens is 314 g/mol. The summed E-state index contributed by atoms with van der Waals surface area (Å²) in [5.74, 6) is -0.772. The van der Waals surface area contributed by atoms with Crippen LogP contribution in [0.4, 0.5) is 0 Å². The Morgan fingerprint density at radius 3 is 2.40 bits per heavy atom. The molecule has 2 aromatic carbocycles. The van der Waals surface area contributed by atoms with E-state index in [4.69, 9.17) is 4.74 Å². The van der Waals surface area contributed by atoms with Gasteiger partial charge >= 0.3 is 5.97 Å². The van der Waals surface area contributed by atoms with Crippen LogP contribution in [0, 0.1) is 6.92 Å². The van der Waals surface area contributed by atoms with Gasteiger partial charge in [0, 0.05) is 13.1 Å². The first kappa shape index (κ1) is 18.5. The number of hydrogen-bond donors (Lipinski definition) is 0. The zero-order chi connectivity index (χ0) is 18.2. The first-order valence-corrected chi connectivity index (χ1v) is 8.20. The van der Waals surface area contributed by atoms with Gasteiger partial charge in [-0.15, -0.1) is 0 Å². The molecule has 0 saturated heterocycles. The molecule has 1 atom stereocenters. The molecule has 0 unspecified atom stereocenters. The molecule has 0 aromatic heterocycles. The Bertz CT molecular complexity index is 753. The molecule has 1 amide bonds. The molecule has 4 nitrogen and oxygen atoms in total. The van der Waals surface area contributed by atoms with Gasteiger partial charge < -0.3 is 9.64 Å². The fraction of sp³-hybridized carbons (Fsp3) is 0.238. The van der Waals surface area contributed by atoms with E-state index in [1.54, 1.807) is 18.0 Å². The number of rotatable bonds is 6. The van der Waals surface area contributed by atoms with Crippen molar-refractivity contribution in [1.82, 2.24) is 4.90 Å². The van der Waals surface area contributed by atoms with Crippen LogP contribution in [0.25, 0.3) is 6.08 Å². The van der Waals surface area contributed by atoms with Gasteiger partial charge in [0.05, 0.1) is 6.04 Å². The highest BCUT2D eigenvalue weighted by Gasteiger charge is 2.18. The lowest BCUT2D eigenvalue weighted by atomic mass is 10.1. The SMILES string of the molecule is Cc1ccccc1/C=C/C(=O)OCC(=O)N(C)[C@H](C)c1ccccc1. The van der Waals surface area contributed by atoms with Gasteiger partial charge in [0.15, 0.2) is 6.61 Å². The number of amides is 1. The zero-order valence-electron chi connectivity index (χ0n) is 14.8. The van der Waals surface area contributed by atoms with Crippen LogP contribution in [0.5, 0.6) is 0 Å². The molecule has 2 rings (SSSR count). The summed E-state index contributed by atoms with van der Waals surface area (Å²) in [5, 5.41) is 0. The van der Waals surface area contributed by atoms with E-state index in [9.17, 15) is 9.59 Å². The van der Waals surface area contributed by atoms with Crippen molar-refractivity contribution in [2.75, 3.05) is 13.7 Å². The van der Waals surface area contributed by atoms with Crippen molar-refractivity contribution in [2.24, 2.45) is 0 Å². The number of nitrogens with zero attached hydrogens (tertiary/aromatic N) is 1. The van der Waals surface area contributed by atoms with Crippen LogP contribution in [0.3, 0.4) is 0 Å². The van der Waals surface area contributed by atoms with Gasteiger partial charge in [0.1, 0.15) is 0 Å². The summed E-state index contributed by atoms with van der Waals surface area (Å²) < 4.78 is 5.06. The number of hydrogen-bond acceptors (Lipinski definition) is 3. The van der Waals surface area contributed by atoms with Crippen LogP contribution < -0.4 is 0 Å². The average Bonchev–Trinajstić information content (AvgIpc) is 2.65. The number of carbonyl (C=O) groups excluding carboxylic acids is 2. The minimum atomic E-state index is -0.530. The Labute approximate surface area is 148 Å². The van der Waals surface area contributed by atoms with E-state index in [1.807, 2.05) is 68.4 Å². The van der Waals surface area contributed by atoms with E-state index < -0.39 is 5.97 Å². The number of esters is 1. The molecule has 2 aromatic rings. The molecule has 0 N–H and O–H groups in total. The van der Waals surface area contributed by atoms with Gasteiger partial charge in [-0.2, -0.15) is 0 Å². The van der Waals surface area contributed by atoms with E-state index in [0.717, 1.165) is 16.7 Å². The van der Waals surface area contributed by atoms with Gasteiger partial charge in [-0.3, -0.25) is 4.79 Å². The van der Waals surface area contributed by atoms with Gasteiger partial charge in [-0.1, -0.05) is 54.6 Å². The minimum absolute atomic E-state index is 0.0880. The number of ether oxygens (including phenoxy) is 1. The van der Waals surface area contributed by atoms with Gasteiger partial charge in [-0.05, 0) is 36.6 Å². The van der Waals surface area contributed by atoms with Crippen LogP contribution in [0.1, 0.15) is 29.7 Å². The topological polar surface area (TPSA) is 46.6 Å². The van der Waals surface area contributed by atoms with Crippen LogP contribution >= 0.6 is 0 Å². The maximum Gasteiger partial charge on any atom is 0.331 e. The molecule has 0 spiro atoms. The maximum atomic E-state index is 12.2. The Morgan fingerprint density at radius 2 is 1.72 bits per heavy atom. The Kier molecular flexibility index (Phi) is 6.52. The van der Waals surface area contributed by atoms with Crippen molar-refractivity contribution in [3.8, 4) is 0 Å². The normalized spacial score (nSPS) is 12.0. The molecule has 4 heteroatoms. The number of benzene rings is 2. The molecular formula is C21H23NO3. The highest BCUT2D eigenvalue weighted by Crippen LogP contribution is 2.18. The van der Waals surface area contributed by atoms with Crippen molar-refractivity contribution < 1.29 is 14.3 Å². The van der Waals surface area contributed by atoms with E-state index in [-0.39, 0.29) is 18.6 Å². The Hall–Kier alpha value is -2.88. The second-order valence-electron chi connectivity index (χ2n) is 5.89. The molecule has 0 aliphatic carbocycles. The third kappa shape index (κ3) is 5.31. The van der Waals surface area contributed by atoms with Crippen molar-refractivity contribution in [3.05, 3.63) is 77.4 Å². The maximum absolute atomic E-state index is 12.2. The number of carbonyl (C=O) groups is 2. The van der Waals surface area contributed by atoms with E-state index in [1.165, 1.54) is 6.08 Å². The summed E-state index contributed by atoms with van der Waals surface area (Å²) in [6.07, 6.45) is 3.04. The standard InChI is InChI=1S/C21H23NO3/c1-16-9-7-8-10-18(16)13-14-21(24)25-15-20(23)22(3)17(2)19-11-5-4-6-12-19/h4-14,17H,15H2,1-3H3/b14-13+/t17-/m1/s1. The summed E-state index contributed by atoms with van der Waals surface area (Å²) in [5.41, 5.74) is 3.05. The molecule has 0 bridgehead atoms. The Balaban J connectivity index is 1.86. The largest absolute Gasteiger partial charge is 0.452 e. The molecule has 130 valence electrons.